The van der Waals surface area contributed by atoms with E-state index < -0.39 is 9.85 Å². The molecule has 1 rings (SSSR count). The summed E-state index contributed by atoms with van der Waals surface area (Å²) >= 11 is 1.10. The molecule has 0 fully saturated rings. The van der Waals surface area contributed by atoms with Crippen molar-refractivity contribution in [3.05, 3.63) is 37.9 Å². The number of nitro groups is 2. The highest BCUT2D eigenvalue weighted by molar-refractivity contribution is 7.99. The summed E-state index contributed by atoms with van der Waals surface area (Å²) in [4.78, 5) is 22.8. The van der Waals surface area contributed by atoms with Crippen molar-refractivity contribution in [1.82, 2.24) is 4.90 Å². The molecule has 0 aliphatic rings. The van der Waals surface area contributed by atoms with Gasteiger partial charge in [0.05, 0.1) is 27.4 Å². The molecular formula is C11H15N3O5S. The first-order valence-electron chi connectivity index (χ1n) is 5.71. The number of thioether (sulfide) groups is 1. The van der Waals surface area contributed by atoms with E-state index in [0.29, 0.717) is 22.8 Å². The summed E-state index contributed by atoms with van der Waals surface area (Å²) in [5.74, 6) is 0.292. The second-order valence-corrected chi connectivity index (χ2v) is 5.41. The Morgan fingerprint density at radius 3 is 2.25 bits per heavy atom. The average Bonchev–Trinajstić information content (AvgIpc) is 2.34. The van der Waals surface area contributed by atoms with Crippen LogP contribution in [0, 0.1) is 20.2 Å². The quantitative estimate of drug-likeness (QED) is 0.463. The molecule has 0 spiro atoms. The first kappa shape index (κ1) is 16.3. The van der Waals surface area contributed by atoms with Crippen LogP contribution in [0.5, 0.6) is 0 Å². The van der Waals surface area contributed by atoms with Gasteiger partial charge in [-0.25, -0.2) is 0 Å². The number of aliphatic hydroxyl groups excluding tert-OH is 1. The van der Waals surface area contributed by atoms with Gasteiger partial charge in [-0.05, 0) is 20.2 Å². The van der Waals surface area contributed by atoms with Crippen molar-refractivity contribution in [2.75, 3.05) is 26.5 Å². The Morgan fingerprint density at radius 1 is 1.20 bits per heavy atom. The minimum Gasteiger partial charge on any atom is -0.396 e. The van der Waals surface area contributed by atoms with E-state index in [1.165, 1.54) is 6.07 Å². The standard InChI is InChI=1S/C11H15N3O5S/c1-12(2)7-8-5-11(20-4-3-15)10(14(18)19)6-9(8)13(16)17/h5-6,15H,3-4,7H2,1-2H3. The van der Waals surface area contributed by atoms with Crippen LogP contribution < -0.4 is 0 Å². The van der Waals surface area contributed by atoms with E-state index >= 15 is 0 Å². The van der Waals surface area contributed by atoms with Gasteiger partial charge in [0.25, 0.3) is 11.4 Å². The van der Waals surface area contributed by atoms with Gasteiger partial charge in [0, 0.05) is 17.9 Å². The van der Waals surface area contributed by atoms with Gasteiger partial charge < -0.3 is 10.0 Å². The molecule has 0 bridgehead atoms. The predicted octanol–water partition coefficient (Wildman–Crippen LogP) is 1.65. The smallest absolute Gasteiger partial charge is 0.289 e. The number of benzene rings is 1. The van der Waals surface area contributed by atoms with Crippen LogP contribution >= 0.6 is 11.8 Å². The minimum absolute atomic E-state index is 0.123. The Bertz CT molecular complexity index is 521. The lowest BCUT2D eigenvalue weighted by Crippen LogP contribution is -2.12. The molecular weight excluding hydrogens is 286 g/mol. The molecule has 1 N–H and O–H groups in total. The zero-order valence-electron chi connectivity index (χ0n) is 11.1. The van der Waals surface area contributed by atoms with E-state index in [2.05, 4.69) is 0 Å². The van der Waals surface area contributed by atoms with Gasteiger partial charge in [-0.3, -0.25) is 20.2 Å². The Morgan fingerprint density at radius 2 is 1.80 bits per heavy atom. The van der Waals surface area contributed by atoms with Crippen LogP contribution in [0.25, 0.3) is 0 Å². The van der Waals surface area contributed by atoms with Crippen LogP contribution in [0.1, 0.15) is 5.56 Å². The molecule has 0 atom stereocenters. The van der Waals surface area contributed by atoms with Gasteiger partial charge in [-0.15, -0.1) is 11.8 Å². The molecule has 20 heavy (non-hydrogen) atoms. The van der Waals surface area contributed by atoms with Gasteiger partial charge in [-0.1, -0.05) is 0 Å². The van der Waals surface area contributed by atoms with Crippen molar-refractivity contribution in [3.8, 4) is 0 Å². The van der Waals surface area contributed by atoms with E-state index in [1.807, 2.05) is 0 Å². The summed E-state index contributed by atoms with van der Waals surface area (Å²) in [5, 5.41) is 30.8. The fourth-order valence-corrected chi connectivity index (χ4v) is 2.47. The van der Waals surface area contributed by atoms with Crippen LogP contribution in [0.2, 0.25) is 0 Å². The fraction of sp³-hybridized carbons (Fsp3) is 0.455. The van der Waals surface area contributed by atoms with Gasteiger partial charge in [-0.2, -0.15) is 0 Å². The maximum atomic E-state index is 11.0. The number of aliphatic hydroxyl groups is 1. The van der Waals surface area contributed by atoms with E-state index in [-0.39, 0.29) is 18.0 Å². The molecule has 110 valence electrons. The second-order valence-electron chi connectivity index (χ2n) is 4.27. The average molecular weight is 301 g/mol. The first-order valence-corrected chi connectivity index (χ1v) is 6.69. The van der Waals surface area contributed by atoms with E-state index in [4.69, 9.17) is 5.11 Å². The third-order valence-electron chi connectivity index (χ3n) is 2.39. The summed E-state index contributed by atoms with van der Waals surface area (Å²) in [5.41, 5.74) is -0.164. The summed E-state index contributed by atoms with van der Waals surface area (Å²) in [6, 6.07) is 2.44. The Labute approximate surface area is 119 Å². The number of hydrogen-bond acceptors (Lipinski definition) is 7. The Kier molecular flexibility index (Phi) is 5.86. The normalized spacial score (nSPS) is 10.8. The highest BCUT2D eigenvalue weighted by atomic mass is 32.2. The molecule has 0 unspecified atom stereocenters. The SMILES string of the molecule is CN(C)Cc1cc(SCCO)c([N+](=O)[O-])cc1[N+](=O)[O-]. The maximum absolute atomic E-state index is 11.0. The molecule has 0 saturated heterocycles. The molecule has 0 radical (unpaired) electrons. The summed E-state index contributed by atoms with van der Waals surface area (Å²) in [6.45, 7) is 0.183. The van der Waals surface area contributed by atoms with E-state index in [9.17, 15) is 20.2 Å². The fourth-order valence-electron chi connectivity index (χ4n) is 1.65. The first-order chi connectivity index (χ1) is 9.36. The lowest BCUT2D eigenvalue weighted by Gasteiger charge is -2.11. The predicted molar refractivity (Wildman–Crippen MR) is 75.0 cm³/mol. The number of nitro benzene ring substituents is 2. The van der Waals surface area contributed by atoms with Crippen LogP contribution in [0.15, 0.2) is 17.0 Å². The van der Waals surface area contributed by atoms with Crippen molar-refractivity contribution in [3.63, 3.8) is 0 Å². The second kappa shape index (κ2) is 7.17. The van der Waals surface area contributed by atoms with Crippen LogP contribution in [-0.4, -0.2) is 46.3 Å². The molecule has 9 heteroatoms. The molecule has 1 aromatic carbocycles. The molecule has 0 saturated carbocycles. The zero-order chi connectivity index (χ0) is 15.3. The maximum Gasteiger partial charge on any atom is 0.289 e. The summed E-state index contributed by atoms with van der Waals surface area (Å²) < 4.78 is 0. The zero-order valence-corrected chi connectivity index (χ0v) is 11.9. The largest absolute Gasteiger partial charge is 0.396 e. The highest BCUT2D eigenvalue weighted by Gasteiger charge is 2.24. The number of rotatable bonds is 7. The summed E-state index contributed by atoms with van der Waals surface area (Å²) in [7, 11) is 3.51. The molecule has 0 aliphatic heterocycles. The molecule has 1 aromatic rings. The number of hydrogen-bond donors (Lipinski definition) is 1. The van der Waals surface area contributed by atoms with E-state index in [1.54, 1.807) is 19.0 Å². The van der Waals surface area contributed by atoms with Crippen molar-refractivity contribution in [2.24, 2.45) is 0 Å². The molecule has 0 aromatic heterocycles. The van der Waals surface area contributed by atoms with Crippen LogP contribution in [0.3, 0.4) is 0 Å². The number of nitrogens with zero attached hydrogens (tertiary/aromatic N) is 3. The molecule has 0 aliphatic carbocycles. The molecule has 0 heterocycles. The van der Waals surface area contributed by atoms with Gasteiger partial charge in [0.15, 0.2) is 0 Å². The van der Waals surface area contributed by atoms with Crippen LogP contribution in [0.4, 0.5) is 11.4 Å². The molecule has 0 amide bonds. The van der Waals surface area contributed by atoms with Crippen molar-refractivity contribution in [1.29, 1.82) is 0 Å². The Hall–Kier alpha value is -1.71. The molecule has 8 nitrogen and oxygen atoms in total. The van der Waals surface area contributed by atoms with Crippen molar-refractivity contribution >= 4 is 23.1 Å². The van der Waals surface area contributed by atoms with Gasteiger partial charge in [0.2, 0.25) is 0 Å². The third kappa shape index (κ3) is 4.15. The lowest BCUT2D eigenvalue weighted by atomic mass is 10.1. The van der Waals surface area contributed by atoms with Crippen molar-refractivity contribution < 1.29 is 15.0 Å². The van der Waals surface area contributed by atoms with E-state index in [0.717, 1.165) is 17.8 Å². The van der Waals surface area contributed by atoms with Crippen molar-refractivity contribution in [2.45, 2.75) is 11.4 Å². The topological polar surface area (TPSA) is 110 Å². The Balaban J connectivity index is 3.34. The van der Waals surface area contributed by atoms with Crippen LogP contribution in [-0.2, 0) is 6.54 Å². The third-order valence-corrected chi connectivity index (χ3v) is 3.41. The highest BCUT2D eigenvalue weighted by Crippen LogP contribution is 2.35. The van der Waals surface area contributed by atoms with Gasteiger partial charge >= 0.3 is 0 Å². The van der Waals surface area contributed by atoms with Gasteiger partial charge in [0.1, 0.15) is 0 Å². The summed E-state index contributed by atoms with van der Waals surface area (Å²) in [6.07, 6.45) is 0. The minimum atomic E-state index is -0.647. The lowest BCUT2D eigenvalue weighted by molar-refractivity contribution is -0.396. The monoisotopic (exact) mass is 301 g/mol.